The van der Waals surface area contributed by atoms with E-state index in [0.29, 0.717) is 24.2 Å². The predicted octanol–water partition coefficient (Wildman–Crippen LogP) is 0.112. The second-order valence-electron chi connectivity index (χ2n) is 3.80. The van der Waals surface area contributed by atoms with Gasteiger partial charge in [0.05, 0.1) is 4.90 Å². The zero-order chi connectivity index (χ0) is 12.6. The van der Waals surface area contributed by atoms with Gasteiger partial charge >= 0.3 is 5.97 Å². The highest BCUT2D eigenvalue weighted by atomic mass is 32.2. The summed E-state index contributed by atoms with van der Waals surface area (Å²) < 4.78 is 27.5. The summed E-state index contributed by atoms with van der Waals surface area (Å²) in [5.41, 5.74) is 0.661. The number of nitrogens with two attached hydrogens (primary N) is 1. The topological polar surface area (TPSA) is 107 Å². The Morgan fingerprint density at radius 3 is 2.76 bits per heavy atom. The van der Waals surface area contributed by atoms with E-state index in [1.54, 1.807) is 0 Å². The number of hydrogen-bond acceptors (Lipinski definition) is 4. The van der Waals surface area contributed by atoms with Crippen LogP contribution in [0.3, 0.4) is 0 Å². The molecule has 0 unspecified atom stereocenters. The summed E-state index contributed by atoms with van der Waals surface area (Å²) in [6.07, 6.45) is -0.102. The molecule has 1 aliphatic rings. The molecule has 92 valence electrons. The molecule has 0 fully saturated rings. The number of fused-ring (bicyclic) bond motifs is 1. The fourth-order valence-corrected chi connectivity index (χ4v) is 2.28. The van der Waals surface area contributed by atoms with E-state index in [1.165, 1.54) is 18.2 Å². The zero-order valence-corrected chi connectivity index (χ0v) is 9.61. The summed E-state index contributed by atoms with van der Waals surface area (Å²) in [4.78, 5) is 10.8. The van der Waals surface area contributed by atoms with Crippen molar-refractivity contribution < 1.29 is 23.1 Å². The summed E-state index contributed by atoms with van der Waals surface area (Å²) in [7, 11) is -3.74. The highest BCUT2D eigenvalue weighted by molar-refractivity contribution is 7.89. The molecule has 3 N–H and O–H groups in total. The van der Waals surface area contributed by atoms with Gasteiger partial charge in [-0.3, -0.25) is 0 Å². The molecule has 0 amide bonds. The van der Waals surface area contributed by atoms with Crippen molar-refractivity contribution in [1.29, 1.82) is 0 Å². The number of aliphatic carboxylic acids is 1. The van der Waals surface area contributed by atoms with Crippen molar-refractivity contribution in [2.75, 3.05) is 0 Å². The molecule has 1 aliphatic heterocycles. The van der Waals surface area contributed by atoms with Gasteiger partial charge in [0.25, 0.3) is 0 Å². The van der Waals surface area contributed by atoms with Crippen LogP contribution in [-0.2, 0) is 21.2 Å². The summed E-state index contributed by atoms with van der Waals surface area (Å²) in [6.45, 7) is 0. The van der Waals surface area contributed by atoms with Crippen LogP contribution in [0.5, 0.6) is 5.75 Å². The first-order valence-corrected chi connectivity index (χ1v) is 6.48. The molecule has 17 heavy (non-hydrogen) atoms. The molecule has 2 rings (SSSR count). The normalized spacial score (nSPS) is 19.2. The Morgan fingerprint density at radius 1 is 1.47 bits per heavy atom. The number of carboxylic acids is 1. The van der Waals surface area contributed by atoms with Crippen LogP contribution in [0.15, 0.2) is 23.1 Å². The lowest BCUT2D eigenvalue weighted by Gasteiger charge is -2.23. The van der Waals surface area contributed by atoms with Crippen LogP contribution in [0.2, 0.25) is 0 Å². The van der Waals surface area contributed by atoms with Gasteiger partial charge in [-0.1, -0.05) is 0 Å². The zero-order valence-electron chi connectivity index (χ0n) is 8.79. The Balaban J connectivity index is 2.35. The standard InChI is InChI=1S/C10H11NO5S/c11-17(14,15)7-2-4-8-6(5-7)1-3-9(16-8)10(12)13/h2,4-5,9H,1,3H2,(H,12,13)(H2,11,14,15)/t9-/m0/s1. The van der Waals surface area contributed by atoms with Gasteiger partial charge in [0.1, 0.15) is 5.75 Å². The summed E-state index contributed by atoms with van der Waals surface area (Å²) in [5, 5.41) is 13.8. The lowest BCUT2D eigenvalue weighted by Crippen LogP contribution is -2.31. The van der Waals surface area contributed by atoms with Crippen molar-refractivity contribution in [1.82, 2.24) is 0 Å². The lowest BCUT2D eigenvalue weighted by molar-refractivity contribution is -0.145. The van der Waals surface area contributed by atoms with Crippen LogP contribution >= 0.6 is 0 Å². The fraction of sp³-hybridized carbons (Fsp3) is 0.300. The van der Waals surface area contributed by atoms with E-state index in [1.807, 2.05) is 0 Å². The van der Waals surface area contributed by atoms with Gasteiger partial charge in [-0.2, -0.15) is 0 Å². The lowest BCUT2D eigenvalue weighted by atomic mass is 10.0. The molecular weight excluding hydrogens is 246 g/mol. The van der Waals surface area contributed by atoms with Crippen molar-refractivity contribution in [3.63, 3.8) is 0 Å². The molecule has 7 heteroatoms. The molecule has 6 nitrogen and oxygen atoms in total. The van der Waals surface area contributed by atoms with Crippen molar-refractivity contribution in [3.05, 3.63) is 23.8 Å². The quantitative estimate of drug-likeness (QED) is 0.782. The van der Waals surface area contributed by atoms with Gasteiger partial charge in [-0.25, -0.2) is 18.4 Å². The Labute approximate surface area is 98.1 Å². The van der Waals surface area contributed by atoms with E-state index in [-0.39, 0.29) is 4.90 Å². The van der Waals surface area contributed by atoms with Crippen molar-refractivity contribution >= 4 is 16.0 Å². The van der Waals surface area contributed by atoms with Crippen LogP contribution in [0.25, 0.3) is 0 Å². The van der Waals surface area contributed by atoms with Gasteiger partial charge in [-0.05, 0) is 36.6 Å². The number of benzene rings is 1. The van der Waals surface area contributed by atoms with E-state index in [2.05, 4.69) is 0 Å². The molecule has 0 saturated heterocycles. The van der Waals surface area contributed by atoms with Gasteiger partial charge in [0.2, 0.25) is 10.0 Å². The molecule has 1 aromatic rings. The number of carbonyl (C=O) groups is 1. The monoisotopic (exact) mass is 257 g/mol. The number of sulfonamides is 1. The summed E-state index contributed by atoms with van der Waals surface area (Å²) >= 11 is 0. The molecule has 0 saturated carbocycles. The van der Waals surface area contributed by atoms with Crippen LogP contribution in [0.4, 0.5) is 0 Å². The third kappa shape index (κ3) is 2.40. The second kappa shape index (κ2) is 4.01. The van der Waals surface area contributed by atoms with Crippen LogP contribution in [-0.4, -0.2) is 25.6 Å². The molecule has 1 atom stereocenters. The second-order valence-corrected chi connectivity index (χ2v) is 5.36. The molecule has 0 radical (unpaired) electrons. The highest BCUT2D eigenvalue weighted by Gasteiger charge is 2.26. The first-order chi connectivity index (χ1) is 7.88. The smallest absolute Gasteiger partial charge is 0.344 e. The highest BCUT2D eigenvalue weighted by Crippen LogP contribution is 2.29. The van der Waals surface area contributed by atoms with E-state index in [0.717, 1.165) is 0 Å². The number of hydrogen-bond donors (Lipinski definition) is 2. The average Bonchev–Trinajstić information content (AvgIpc) is 2.26. The average molecular weight is 257 g/mol. The van der Waals surface area contributed by atoms with E-state index >= 15 is 0 Å². The molecule has 0 bridgehead atoms. The fourth-order valence-electron chi connectivity index (χ4n) is 1.72. The maximum Gasteiger partial charge on any atom is 0.344 e. The van der Waals surface area contributed by atoms with Gasteiger partial charge in [0, 0.05) is 0 Å². The van der Waals surface area contributed by atoms with Gasteiger partial charge < -0.3 is 9.84 Å². The summed E-state index contributed by atoms with van der Waals surface area (Å²) in [6, 6.07) is 4.16. The first kappa shape index (κ1) is 11.9. The largest absolute Gasteiger partial charge is 0.479 e. The van der Waals surface area contributed by atoms with Crippen LogP contribution in [0.1, 0.15) is 12.0 Å². The Kier molecular flexibility index (Phi) is 2.80. The van der Waals surface area contributed by atoms with Gasteiger partial charge in [-0.15, -0.1) is 0 Å². The minimum Gasteiger partial charge on any atom is -0.479 e. The first-order valence-electron chi connectivity index (χ1n) is 4.93. The van der Waals surface area contributed by atoms with Crippen LogP contribution in [0, 0.1) is 0 Å². The molecule has 0 spiro atoms. The number of carboxylic acid groups (broad SMARTS) is 1. The molecule has 0 aromatic heterocycles. The number of rotatable bonds is 2. The SMILES string of the molecule is NS(=O)(=O)c1ccc2c(c1)CC[C@@H](C(=O)O)O2. The van der Waals surface area contributed by atoms with E-state index in [9.17, 15) is 13.2 Å². The van der Waals surface area contributed by atoms with Crippen molar-refractivity contribution in [2.24, 2.45) is 5.14 Å². The molecular formula is C10H11NO5S. The molecule has 1 heterocycles. The molecule has 1 aromatic carbocycles. The molecule has 0 aliphatic carbocycles. The third-order valence-electron chi connectivity index (χ3n) is 2.58. The third-order valence-corrected chi connectivity index (χ3v) is 3.49. The maximum atomic E-state index is 11.1. The van der Waals surface area contributed by atoms with Gasteiger partial charge in [0.15, 0.2) is 6.10 Å². The Morgan fingerprint density at radius 2 is 2.18 bits per heavy atom. The van der Waals surface area contributed by atoms with Crippen LogP contribution < -0.4 is 9.88 Å². The Hall–Kier alpha value is -1.60. The summed E-state index contributed by atoms with van der Waals surface area (Å²) in [5.74, 6) is -0.623. The van der Waals surface area contributed by atoms with E-state index < -0.39 is 22.1 Å². The van der Waals surface area contributed by atoms with E-state index in [4.69, 9.17) is 15.0 Å². The Bertz CT molecular complexity index is 566. The number of aryl methyl sites for hydroxylation is 1. The predicted molar refractivity (Wildman–Crippen MR) is 58.2 cm³/mol. The minimum atomic E-state index is -3.74. The number of ether oxygens (including phenoxy) is 1. The minimum absolute atomic E-state index is 0.00799. The number of primary sulfonamides is 1. The maximum absolute atomic E-state index is 11.1. The van der Waals surface area contributed by atoms with Crippen molar-refractivity contribution in [3.8, 4) is 5.75 Å². The van der Waals surface area contributed by atoms with Crippen molar-refractivity contribution in [2.45, 2.75) is 23.8 Å².